The van der Waals surface area contributed by atoms with Gasteiger partial charge in [-0.3, -0.25) is 14.5 Å². The predicted octanol–water partition coefficient (Wildman–Crippen LogP) is -3.69. The van der Waals surface area contributed by atoms with Gasteiger partial charge in [-0.05, 0) is 27.2 Å². The summed E-state index contributed by atoms with van der Waals surface area (Å²) < 4.78 is 5.36. The fourth-order valence-electron chi connectivity index (χ4n) is 2.57. The summed E-state index contributed by atoms with van der Waals surface area (Å²) in [6, 6.07) is -0.864. The summed E-state index contributed by atoms with van der Waals surface area (Å²) in [6.45, 7) is 7.17. The van der Waals surface area contributed by atoms with E-state index in [-0.39, 0.29) is 81.0 Å². The summed E-state index contributed by atoms with van der Waals surface area (Å²) in [5.74, 6) is -2.21. The molecule has 0 aliphatic rings. The van der Waals surface area contributed by atoms with E-state index in [9.17, 15) is 19.5 Å². The summed E-state index contributed by atoms with van der Waals surface area (Å²) in [5.41, 5.74) is 0. The van der Waals surface area contributed by atoms with Crippen molar-refractivity contribution in [2.45, 2.75) is 84.6 Å². The molecule has 0 aromatic carbocycles. The minimum absolute atomic E-state index is 0. The number of carbonyl (C=O) groups excluding carboxylic acids is 1. The summed E-state index contributed by atoms with van der Waals surface area (Å²) in [7, 11) is 0. The SMILES string of the molecule is CCCCCCCC(=O)NCCN(C(C)OC(C)C(=O)O)C(C)C(=O)O.[H-].[H-].[Na+].[Na+]. The van der Waals surface area contributed by atoms with Crippen molar-refractivity contribution < 1.29 is 91.3 Å². The molecule has 0 bridgehead atoms. The van der Waals surface area contributed by atoms with E-state index < -0.39 is 30.3 Å². The molecule has 0 saturated carbocycles. The molecule has 0 spiro atoms. The van der Waals surface area contributed by atoms with Crippen LogP contribution in [-0.4, -0.2) is 64.4 Å². The maximum Gasteiger partial charge on any atom is 1.00 e. The van der Waals surface area contributed by atoms with Crippen LogP contribution in [0.1, 0.15) is 69.1 Å². The smallest absolute Gasteiger partial charge is 1.00 e. The number of hydrogen-bond acceptors (Lipinski definition) is 5. The fraction of sp³-hybridized carbons (Fsp3) is 0.833. The molecular formula is C18H36N2Na2O6. The number of nitrogens with zero attached hydrogens (tertiary/aromatic N) is 1. The first-order valence-electron chi connectivity index (χ1n) is 9.34. The molecule has 0 radical (unpaired) electrons. The molecule has 8 nitrogen and oxygen atoms in total. The topological polar surface area (TPSA) is 116 Å². The number of carboxylic acids is 2. The van der Waals surface area contributed by atoms with Gasteiger partial charge in [-0.25, -0.2) is 4.79 Å². The number of amides is 1. The van der Waals surface area contributed by atoms with Gasteiger partial charge in [0.05, 0.1) is 0 Å². The molecule has 28 heavy (non-hydrogen) atoms. The number of hydrogen-bond donors (Lipinski definition) is 3. The van der Waals surface area contributed by atoms with Crippen LogP contribution < -0.4 is 64.4 Å². The van der Waals surface area contributed by atoms with E-state index in [0.717, 1.165) is 25.7 Å². The van der Waals surface area contributed by atoms with Gasteiger partial charge in [-0.15, -0.1) is 0 Å². The molecular weight excluding hydrogens is 386 g/mol. The van der Waals surface area contributed by atoms with Crippen LogP contribution in [0.15, 0.2) is 0 Å². The molecule has 0 rings (SSSR count). The van der Waals surface area contributed by atoms with E-state index in [0.29, 0.717) is 6.42 Å². The van der Waals surface area contributed by atoms with Gasteiger partial charge in [0.1, 0.15) is 12.3 Å². The number of nitrogens with one attached hydrogen (secondary N) is 1. The molecule has 3 atom stereocenters. The first kappa shape index (κ1) is 33.0. The Balaban J connectivity index is -0.000000521. The number of carboxylic acid groups (broad SMARTS) is 2. The zero-order valence-corrected chi connectivity index (χ0v) is 22.4. The molecule has 3 N–H and O–H groups in total. The van der Waals surface area contributed by atoms with Crippen LogP contribution in [0.25, 0.3) is 0 Å². The van der Waals surface area contributed by atoms with Crippen LogP contribution in [0.3, 0.4) is 0 Å². The number of carbonyl (C=O) groups is 3. The number of rotatable bonds is 15. The van der Waals surface area contributed by atoms with E-state index in [1.54, 1.807) is 6.92 Å². The Morgan fingerprint density at radius 1 is 1.00 bits per heavy atom. The Morgan fingerprint density at radius 2 is 1.57 bits per heavy atom. The third-order valence-electron chi connectivity index (χ3n) is 4.27. The fourth-order valence-corrected chi connectivity index (χ4v) is 2.57. The first-order chi connectivity index (χ1) is 12.2. The van der Waals surface area contributed by atoms with Gasteiger partial charge in [0.25, 0.3) is 0 Å². The van der Waals surface area contributed by atoms with Crippen molar-refractivity contribution in [2.75, 3.05) is 13.1 Å². The Hall–Kier alpha value is 0.330. The van der Waals surface area contributed by atoms with Crippen LogP contribution in [0.2, 0.25) is 0 Å². The van der Waals surface area contributed by atoms with Crippen LogP contribution in [0.4, 0.5) is 0 Å². The Kier molecular flexibility index (Phi) is 22.7. The van der Waals surface area contributed by atoms with Crippen molar-refractivity contribution in [3.63, 3.8) is 0 Å². The average Bonchev–Trinajstić information content (AvgIpc) is 2.57. The third kappa shape index (κ3) is 15.2. The normalized spacial score (nSPS) is 13.6. The van der Waals surface area contributed by atoms with Crippen LogP contribution >= 0.6 is 0 Å². The summed E-state index contributed by atoms with van der Waals surface area (Å²) in [6.07, 6.45) is 4.04. The van der Waals surface area contributed by atoms with Gasteiger partial charge in [-0.2, -0.15) is 0 Å². The predicted molar refractivity (Wildman–Crippen MR) is 100 cm³/mol. The second-order valence-corrected chi connectivity index (χ2v) is 6.48. The molecule has 156 valence electrons. The van der Waals surface area contributed by atoms with E-state index in [1.807, 2.05) is 0 Å². The molecule has 0 aromatic heterocycles. The molecule has 0 heterocycles. The maximum atomic E-state index is 11.8. The van der Waals surface area contributed by atoms with E-state index >= 15 is 0 Å². The Bertz CT molecular complexity index is 464. The van der Waals surface area contributed by atoms with Crippen molar-refractivity contribution in [2.24, 2.45) is 0 Å². The van der Waals surface area contributed by atoms with Crippen LogP contribution in [0, 0.1) is 0 Å². The number of aliphatic carboxylic acids is 2. The van der Waals surface area contributed by atoms with Crippen molar-refractivity contribution in [1.29, 1.82) is 0 Å². The van der Waals surface area contributed by atoms with Crippen LogP contribution in [-0.2, 0) is 19.1 Å². The second kappa shape index (κ2) is 19.3. The zero-order valence-electron chi connectivity index (χ0n) is 20.4. The van der Waals surface area contributed by atoms with Gasteiger partial charge in [0, 0.05) is 19.5 Å². The largest absolute Gasteiger partial charge is 1.00 e. The van der Waals surface area contributed by atoms with Gasteiger partial charge in [0.15, 0.2) is 6.10 Å². The monoisotopic (exact) mass is 422 g/mol. The average molecular weight is 422 g/mol. The third-order valence-corrected chi connectivity index (χ3v) is 4.27. The van der Waals surface area contributed by atoms with Crippen molar-refractivity contribution in [1.82, 2.24) is 10.2 Å². The quantitative estimate of drug-likeness (QED) is 0.141. The zero-order chi connectivity index (χ0) is 20.1. The van der Waals surface area contributed by atoms with Gasteiger partial charge >= 0.3 is 71.1 Å². The van der Waals surface area contributed by atoms with E-state index in [2.05, 4.69) is 12.2 Å². The molecule has 1 amide bonds. The molecule has 0 fully saturated rings. The maximum absolute atomic E-state index is 11.8. The summed E-state index contributed by atoms with van der Waals surface area (Å²) >= 11 is 0. The second-order valence-electron chi connectivity index (χ2n) is 6.48. The molecule has 0 aliphatic heterocycles. The number of ether oxygens (including phenoxy) is 1. The van der Waals surface area contributed by atoms with Crippen LogP contribution in [0.5, 0.6) is 0 Å². The van der Waals surface area contributed by atoms with Gasteiger partial charge in [-0.1, -0.05) is 32.6 Å². The summed E-state index contributed by atoms with van der Waals surface area (Å²) in [5, 5.41) is 21.0. The molecule has 0 saturated heterocycles. The van der Waals surface area contributed by atoms with Crippen molar-refractivity contribution >= 4 is 17.8 Å². The standard InChI is InChI=1S/C18H34N2O6.2Na.2H/c1-5-6-7-8-9-10-16(21)19-11-12-20(13(2)17(22)23)15(4)26-14(3)18(24)25;;;;/h13-15H,5-12H2,1-4H3,(H,19,21)(H,22,23)(H,24,25);;;;/q;2*+1;2*-1. The minimum Gasteiger partial charge on any atom is -1.00 e. The van der Waals surface area contributed by atoms with Gasteiger partial charge < -0.3 is 23.1 Å². The summed E-state index contributed by atoms with van der Waals surface area (Å²) in [4.78, 5) is 35.6. The molecule has 0 aromatic rings. The molecule has 0 aliphatic carbocycles. The molecule has 3 unspecified atom stereocenters. The van der Waals surface area contributed by atoms with Crippen molar-refractivity contribution in [3.05, 3.63) is 0 Å². The number of unbranched alkanes of at least 4 members (excludes halogenated alkanes) is 4. The Labute approximate surface area is 215 Å². The first-order valence-corrected chi connectivity index (χ1v) is 9.34. The van der Waals surface area contributed by atoms with E-state index in [4.69, 9.17) is 9.84 Å². The molecule has 10 heteroatoms. The minimum atomic E-state index is -1.11. The van der Waals surface area contributed by atoms with Crippen molar-refractivity contribution in [3.8, 4) is 0 Å². The Morgan fingerprint density at radius 3 is 2.07 bits per heavy atom. The van der Waals surface area contributed by atoms with Gasteiger partial charge in [0.2, 0.25) is 5.91 Å². The van der Waals surface area contributed by atoms with E-state index in [1.165, 1.54) is 25.2 Å².